The molecule has 1 aromatic carbocycles. The summed E-state index contributed by atoms with van der Waals surface area (Å²) in [6.45, 7) is 2.83. The fourth-order valence-electron chi connectivity index (χ4n) is 1.69. The van der Waals surface area contributed by atoms with Gasteiger partial charge in [0.05, 0.1) is 0 Å². The number of halogens is 4. The zero-order chi connectivity index (χ0) is 14.4. The molecule has 2 aromatic rings. The first-order valence-electron chi connectivity index (χ1n) is 5.24. The summed E-state index contributed by atoms with van der Waals surface area (Å²) in [4.78, 5) is 0.465. The molecular formula is C12H9F4NOS. The maximum atomic E-state index is 13.8. The van der Waals surface area contributed by atoms with E-state index < -0.39 is 17.8 Å². The Labute approximate surface area is 111 Å². The summed E-state index contributed by atoms with van der Waals surface area (Å²) in [6, 6.07) is 2.53. The molecule has 0 aliphatic heterocycles. The molecule has 0 amide bonds. The Hall–Kier alpha value is -1.50. The van der Waals surface area contributed by atoms with Gasteiger partial charge in [0.25, 0.3) is 0 Å². The maximum absolute atomic E-state index is 13.8. The van der Waals surface area contributed by atoms with Gasteiger partial charge in [-0.15, -0.1) is 12.6 Å². The summed E-state index contributed by atoms with van der Waals surface area (Å²) < 4.78 is 55.8. The van der Waals surface area contributed by atoms with Crippen molar-refractivity contribution in [2.75, 3.05) is 0 Å². The van der Waals surface area contributed by atoms with Gasteiger partial charge in [0.2, 0.25) is 5.76 Å². The van der Waals surface area contributed by atoms with Crippen LogP contribution in [-0.2, 0) is 6.18 Å². The predicted molar refractivity (Wildman–Crippen MR) is 63.6 cm³/mol. The van der Waals surface area contributed by atoms with Gasteiger partial charge in [-0.2, -0.15) is 13.2 Å². The SMILES string of the molecule is Cc1cc(F)c(-c2noc(C(F)(F)F)c2C)cc1S. The van der Waals surface area contributed by atoms with Crippen LogP contribution in [0.2, 0.25) is 0 Å². The number of rotatable bonds is 1. The molecule has 0 spiro atoms. The van der Waals surface area contributed by atoms with E-state index in [1.54, 1.807) is 6.92 Å². The molecule has 2 nitrogen and oxygen atoms in total. The molecule has 0 atom stereocenters. The van der Waals surface area contributed by atoms with Crippen molar-refractivity contribution in [3.63, 3.8) is 0 Å². The number of hydrogen-bond donors (Lipinski definition) is 1. The van der Waals surface area contributed by atoms with E-state index in [1.807, 2.05) is 0 Å². The van der Waals surface area contributed by atoms with E-state index >= 15 is 0 Å². The molecule has 0 radical (unpaired) electrons. The first-order valence-corrected chi connectivity index (χ1v) is 5.69. The lowest BCUT2D eigenvalue weighted by molar-refractivity contribution is -0.156. The first-order chi connectivity index (χ1) is 8.71. The molecular weight excluding hydrogens is 282 g/mol. The van der Waals surface area contributed by atoms with Crippen LogP contribution in [-0.4, -0.2) is 5.16 Å². The van der Waals surface area contributed by atoms with Crippen molar-refractivity contribution in [2.45, 2.75) is 24.9 Å². The first kappa shape index (κ1) is 13.9. The number of aromatic nitrogens is 1. The fraction of sp³-hybridized carbons (Fsp3) is 0.250. The van der Waals surface area contributed by atoms with Crippen LogP contribution in [0.25, 0.3) is 11.3 Å². The molecule has 0 saturated heterocycles. The molecule has 19 heavy (non-hydrogen) atoms. The second-order valence-electron chi connectivity index (χ2n) is 4.10. The smallest absolute Gasteiger partial charge is 0.351 e. The molecule has 2 rings (SSSR count). The Morgan fingerprint density at radius 3 is 2.37 bits per heavy atom. The Bertz CT molecular complexity index is 633. The number of alkyl halides is 3. The maximum Gasteiger partial charge on any atom is 0.452 e. The lowest BCUT2D eigenvalue weighted by Crippen LogP contribution is -2.05. The molecule has 0 fully saturated rings. The summed E-state index contributed by atoms with van der Waals surface area (Å²) >= 11 is 4.12. The van der Waals surface area contributed by atoms with Crippen LogP contribution in [0, 0.1) is 19.7 Å². The molecule has 1 heterocycles. The summed E-state index contributed by atoms with van der Waals surface area (Å²) in [5, 5.41) is 3.32. The van der Waals surface area contributed by atoms with Gasteiger partial charge in [-0.05, 0) is 31.5 Å². The Morgan fingerprint density at radius 2 is 1.84 bits per heavy atom. The van der Waals surface area contributed by atoms with Crippen molar-refractivity contribution in [2.24, 2.45) is 0 Å². The molecule has 0 aliphatic rings. The van der Waals surface area contributed by atoms with Crippen LogP contribution in [0.15, 0.2) is 21.6 Å². The van der Waals surface area contributed by atoms with Crippen LogP contribution in [0.3, 0.4) is 0 Å². The van der Waals surface area contributed by atoms with Crippen molar-refractivity contribution in [3.8, 4) is 11.3 Å². The molecule has 0 saturated carbocycles. The third-order valence-electron chi connectivity index (χ3n) is 2.72. The summed E-state index contributed by atoms with van der Waals surface area (Å²) in [5.41, 5.74) is 0.109. The minimum Gasteiger partial charge on any atom is -0.351 e. The second kappa shape index (κ2) is 4.56. The molecule has 0 N–H and O–H groups in total. The van der Waals surface area contributed by atoms with Gasteiger partial charge in [0.15, 0.2) is 0 Å². The average molecular weight is 291 g/mol. The van der Waals surface area contributed by atoms with Crippen LogP contribution in [0.1, 0.15) is 16.9 Å². The Morgan fingerprint density at radius 1 is 1.21 bits per heavy atom. The highest BCUT2D eigenvalue weighted by Gasteiger charge is 2.39. The Balaban J connectivity index is 2.61. The zero-order valence-electron chi connectivity index (χ0n) is 9.97. The van der Waals surface area contributed by atoms with E-state index in [2.05, 4.69) is 22.3 Å². The van der Waals surface area contributed by atoms with Gasteiger partial charge in [0.1, 0.15) is 11.5 Å². The van der Waals surface area contributed by atoms with Crippen molar-refractivity contribution in [3.05, 3.63) is 34.8 Å². The van der Waals surface area contributed by atoms with Gasteiger partial charge < -0.3 is 4.52 Å². The molecule has 102 valence electrons. The van der Waals surface area contributed by atoms with Crippen LogP contribution in [0.5, 0.6) is 0 Å². The minimum absolute atomic E-state index is 0.0626. The van der Waals surface area contributed by atoms with Crippen molar-refractivity contribution in [1.82, 2.24) is 5.16 Å². The second-order valence-corrected chi connectivity index (χ2v) is 4.58. The molecule has 0 aliphatic carbocycles. The minimum atomic E-state index is -4.65. The van der Waals surface area contributed by atoms with Crippen LogP contribution < -0.4 is 0 Å². The van der Waals surface area contributed by atoms with E-state index in [1.165, 1.54) is 19.1 Å². The summed E-state index contributed by atoms with van der Waals surface area (Å²) in [7, 11) is 0. The van der Waals surface area contributed by atoms with Crippen LogP contribution >= 0.6 is 12.6 Å². The number of aryl methyl sites for hydroxylation is 1. The van der Waals surface area contributed by atoms with Gasteiger partial charge in [-0.3, -0.25) is 0 Å². The highest BCUT2D eigenvalue weighted by Crippen LogP contribution is 2.37. The molecule has 0 bridgehead atoms. The molecule has 0 unspecified atom stereocenters. The van der Waals surface area contributed by atoms with Gasteiger partial charge in [-0.1, -0.05) is 5.16 Å². The molecule has 1 aromatic heterocycles. The standard InChI is InChI=1S/C12H9F4NOS/c1-5-3-8(13)7(4-9(5)19)10-6(2)11(18-17-10)12(14,15)16/h3-4,19H,1-2H3. The van der Waals surface area contributed by atoms with E-state index in [4.69, 9.17) is 0 Å². The quantitative estimate of drug-likeness (QED) is 0.622. The third-order valence-corrected chi connectivity index (χ3v) is 3.20. The van der Waals surface area contributed by atoms with Crippen molar-refractivity contribution >= 4 is 12.6 Å². The van der Waals surface area contributed by atoms with Crippen molar-refractivity contribution < 1.29 is 22.1 Å². The topological polar surface area (TPSA) is 26.0 Å². The predicted octanol–water partition coefficient (Wildman–Crippen LogP) is 4.41. The number of nitrogens with zero attached hydrogens (tertiary/aromatic N) is 1. The Kier molecular flexibility index (Phi) is 3.34. The third kappa shape index (κ3) is 2.47. The normalized spacial score (nSPS) is 11.9. The zero-order valence-corrected chi connectivity index (χ0v) is 10.9. The summed E-state index contributed by atoms with van der Waals surface area (Å²) in [6.07, 6.45) is -4.65. The number of thiol groups is 1. The highest BCUT2D eigenvalue weighted by molar-refractivity contribution is 7.80. The number of benzene rings is 1. The van der Waals surface area contributed by atoms with Gasteiger partial charge in [0, 0.05) is 16.0 Å². The van der Waals surface area contributed by atoms with E-state index in [9.17, 15) is 17.6 Å². The van der Waals surface area contributed by atoms with E-state index in [0.717, 1.165) is 0 Å². The van der Waals surface area contributed by atoms with E-state index in [0.29, 0.717) is 10.5 Å². The van der Waals surface area contributed by atoms with E-state index in [-0.39, 0.29) is 16.8 Å². The van der Waals surface area contributed by atoms with Crippen molar-refractivity contribution in [1.29, 1.82) is 0 Å². The lowest BCUT2D eigenvalue weighted by Gasteiger charge is -2.05. The van der Waals surface area contributed by atoms with Crippen LogP contribution in [0.4, 0.5) is 17.6 Å². The number of hydrogen-bond acceptors (Lipinski definition) is 3. The largest absolute Gasteiger partial charge is 0.452 e. The fourth-order valence-corrected chi connectivity index (χ4v) is 1.89. The highest BCUT2D eigenvalue weighted by atomic mass is 32.1. The van der Waals surface area contributed by atoms with Gasteiger partial charge >= 0.3 is 6.18 Å². The average Bonchev–Trinajstić information content (AvgIpc) is 2.65. The summed E-state index contributed by atoms with van der Waals surface area (Å²) in [5.74, 6) is -1.89. The monoisotopic (exact) mass is 291 g/mol. The molecule has 7 heteroatoms. The van der Waals surface area contributed by atoms with Gasteiger partial charge in [-0.25, -0.2) is 4.39 Å². The lowest BCUT2D eigenvalue weighted by atomic mass is 10.0.